The Morgan fingerprint density at radius 2 is 0.800 bits per heavy atom. The molecule has 0 amide bonds. The first kappa shape index (κ1) is 40.8. The van der Waals surface area contributed by atoms with Crippen LogP contribution >= 0.6 is 0 Å². The molecule has 4 nitrogen and oxygen atoms in total. The molecule has 0 aromatic heterocycles. The van der Waals surface area contributed by atoms with E-state index in [0.29, 0.717) is 19.4 Å². The van der Waals surface area contributed by atoms with Crippen molar-refractivity contribution in [3.63, 3.8) is 0 Å². The number of hydrogen-bond donors (Lipinski definition) is 1. The zero-order chi connectivity index (χ0) is 29.8. The quantitative estimate of drug-likeness (QED) is 0.0533. The number of rotatable bonds is 30. The monoisotopic (exact) mass is 567 g/mol. The Labute approximate surface area is 250 Å². The molecule has 238 valence electrons. The van der Waals surface area contributed by atoms with Crippen molar-refractivity contribution < 1.29 is 19.4 Å². The molecule has 0 fully saturated rings. The van der Waals surface area contributed by atoms with Gasteiger partial charge in [0, 0.05) is 12.8 Å². The highest BCUT2D eigenvalue weighted by Gasteiger charge is 2.00. The van der Waals surface area contributed by atoms with E-state index in [1.54, 1.807) is 0 Å². The number of carbonyl (C=O) groups is 2. The predicted molar refractivity (Wildman–Crippen MR) is 174 cm³/mol. The molecule has 0 rings (SSSR count). The summed E-state index contributed by atoms with van der Waals surface area (Å²) >= 11 is 0. The largest absolute Gasteiger partial charge is 0.481 e. The molecule has 0 aliphatic carbocycles. The summed E-state index contributed by atoms with van der Waals surface area (Å²) < 4.78 is 4.91. The number of carboxylic acid groups (broad SMARTS) is 1. The van der Waals surface area contributed by atoms with Gasteiger partial charge in [-0.1, -0.05) is 154 Å². The number of carbonyl (C=O) groups excluding carboxylic acids is 1. The third kappa shape index (κ3) is 41.2. The van der Waals surface area contributed by atoms with Crippen LogP contribution in [-0.4, -0.2) is 23.7 Å². The maximum absolute atomic E-state index is 11.1. The van der Waals surface area contributed by atoms with Crippen molar-refractivity contribution in [2.24, 2.45) is 0 Å². The summed E-state index contributed by atoms with van der Waals surface area (Å²) in [6, 6.07) is 0. The number of esters is 1. The van der Waals surface area contributed by atoms with Crippen LogP contribution in [0.2, 0.25) is 0 Å². The van der Waals surface area contributed by atoms with Gasteiger partial charge in [0.25, 0.3) is 0 Å². The van der Waals surface area contributed by atoms with Gasteiger partial charge in [-0.15, -0.1) is 0 Å². The maximum Gasteiger partial charge on any atom is 0.305 e. The first-order chi connectivity index (χ1) is 19.6. The summed E-state index contributed by atoms with van der Waals surface area (Å²) in [6.07, 6.45) is 39.3. The molecule has 0 aromatic rings. The SMILES string of the molecule is CCCCCCCC/C=C\CCCCCCCC(=O)O.CCCCCCCCCCCCCCCC(=O)OCC. The Morgan fingerprint density at radius 1 is 0.475 bits per heavy atom. The highest BCUT2D eigenvalue weighted by molar-refractivity contribution is 5.69. The van der Waals surface area contributed by atoms with Crippen molar-refractivity contribution in [2.75, 3.05) is 6.61 Å². The summed E-state index contributed by atoms with van der Waals surface area (Å²) in [5.74, 6) is -0.696. The van der Waals surface area contributed by atoms with Crippen molar-refractivity contribution in [1.29, 1.82) is 0 Å². The summed E-state index contributed by atoms with van der Waals surface area (Å²) in [5, 5.41) is 8.51. The van der Waals surface area contributed by atoms with Gasteiger partial charge in [0.2, 0.25) is 0 Å². The first-order valence-corrected chi connectivity index (χ1v) is 17.6. The molecule has 0 aliphatic rings. The number of hydrogen-bond acceptors (Lipinski definition) is 3. The molecule has 1 N–H and O–H groups in total. The van der Waals surface area contributed by atoms with E-state index >= 15 is 0 Å². The van der Waals surface area contributed by atoms with E-state index in [4.69, 9.17) is 9.84 Å². The summed E-state index contributed by atoms with van der Waals surface area (Å²) in [6.45, 7) is 6.90. The standard InChI is InChI=1S/C18H36O2.C18H34O2/c1-3-5-6-7-8-9-10-11-12-13-14-15-16-17-18(19)20-4-2;1-2-3-4-5-6-7-8-9-10-11-12-13-14-15-16-17-18(19)20/h3-17H2,1-2H3;9-10H,2-8,11-17H2,1H3,(H,19,20)/b;10-9-. The molecule has 0 saturated heterocycles. The molecule has 40 heavy (non-hydrogen) atoms. The van der Waals surface area contributed by atoms with Gasteiger partial charge in [-0.05, 0) is 45.4 Å². The molecule has 4 heteroatoms. The molecule has 0 saturated carbocycles. The van der Waals surface area contributed by atoms with E-state index in [2.05, 4.69) is 26.0 Å². The minimum absolute atomic E-state index is 0.0319. The predicted octanol–water partition coefficient (Wildman–Crippen LogP) is 12.1. The van der Waals surface area contributed by atoms with Crippen LogP contribution in [0.15, 0.2) is 12.2 Å². The molecular formula is C36H70O4. The molecule has 0 aromatic carbocycles. The second-order valence-electron chi connectivity index (χ2n) is 11.5. The second kappa shape index (κ2) is 37.7. The van der Waals surface area contributed by atoms with E-state index in [9.17, 15) is 9.59 Å². The van der Waals surface area contributed by atoms with Crippen molar-refractivity contribution >= 4 is 11.9 Å². The lowest BCUT2D eigenvalue weighted by molar-refractivity contribution is -0.143. The van der Waals surface area contributed by atoms with E-state index in [-0.39, 0.29) is 5.97 Å². The summed E-state index contributed by atoms with van der Waals surface area (Å²) in [5.41, 5.74) is 0. The fourth-order valence-corrected chi connectivity index (χ4v) is 4.87. The third-order valence-electron chi connectivity index (χ3n) is 7.44. The van der Waals surface area contributed by atoms with Gasteiger partial charge in [0.05, 0.1) is 6.61 Å². The Kier molecular flexibility index (Phi) is 38.5. The minimum atomic E-state index is -0.664. The van der Waals surface area contributed by atoms with E-state index in [0.717, 1.165) is 19.3 Å². The summed E-state index contributed by atoms with van der Waals surface area (Å²) in [4.78, 5) is 21.4. The topological polar surface area (TPSA) is 63.6 Å². The second-order valence-corrected chi connectivity index (χ2v) is 11.5. The van der Waals surface area contributed by atoms with Gasteiger partial charge >= 0.3 is 11.9 Å². The fraction of sp³-hybridized carbons (Fsp3) is 0.889. The van der Waals surface area contributed by atoms with Crippen molar-refractivity contribution in [3.8, 4) is 0 Å². The Morgan fingerprint density at radius 3 is 1.15 bits per heavy atom. The number of allylic oxidation sites excluding steroid dienone is 2. The van der Waals surface area contributed by atoms with Gasteiger partial charge < -0.3 is 9.84 Å². The fourth-order valence-electron chi connectivity index (χ4n) is 4.87. The molecule has 0 unspecified atom stereocenters. The van der Waals surface area contributed by atoms with Crippen LogP contribution in [0.25, 0.3) is 0 Å². The highest BCUT2D eigenvalue weighted by Crippen LogP contribution is 2.13. The Balaban J connectivity index is 0. The van der Waals surface area contributed by atoms with Crippen LogP contribution in [0.3, 0.4) is 0 Å². The zero-order valence-corrected chi connectivity index (χ0v) is 27.3. The zero-order valence-electron chi connectivity index (χ0n) is 27.3. The van der Waals surface area contributed by atoms with E-state index in [1.165, 1.54) is 148 Å². The molecule has 0 spiro atoms. The minimum Gasteiger partial charge on any atom is -0.481 e. The van der Waals surface area contributed by atoms with E-state index < -0.39 is 5.97 Å². The van der Waals surface area contributed by atoms with Crippen LogP contribution in [0, 0.1) is 0 Å². The van der Waals surface area contributed by atoms with Crippen LogP contribution in [0.1, 0.15) is 201 Å². The van der Waals surface area contributed by atoms with Crippen LogP contribution < -0.4 is 0 Å². The summed E-state index contributed by atoms with van der Waals surface area (Å²) in [7, 11) is 0. The molecular weight excluding hydrogens is 496 g/mol. The first-order valence-electron chi connectivity index (χ1n) is 17.6. The Hall–Kier alpha value is -1.32. The van der Waals surface area contributed by atoms with Crippen molar-refractivity contribution in [2.45, 2.75) is 201 Å². The molecule has 0 atom stereocenters. The molecule has 0 heterocycles. The smallest absolute Gasteiger partial charge is 0.305 e. The van der Waals surface area contributed by atoms with E-state index in [1.807, 2.05) is 6.92 Å². The average molecular weight is 567 g/mol. The van der Waals surface area contributed by atoms with Gasteiger partial charge in [0.15, 0.2) is 0 Å². The normalized spacial score (nSPS) is 11.0. The Bertz CT molecular complexity index is 529. The number of ether oxygens (including phenoxy) is 1. The number of carboxylic acids is 1. The van der Waals surface area contributed by atoms with Crippen LogP contribution in [-0.2, 0) is 14.3 Å². The molecule has 0 radical (unpaired) electrons. The van der Waals surface area contributed by atoms with Gasteiger partial charge in [-0.3, -0.25) is 9.59 Å². The van der Waals surface area contributed by atoms with Crippen molar-refractivity contribution in [3.05, 3.63) is 12.2 Å². The van der Waals surface area contributed by atoms with Crippen molar-refractivity contribution in [1.82, 2.24) is 0 Å². The lowest BCUT2D eigenvalue weighted by Gasteiger charge is -2.03. The highest BCUT2D eigenvalue weighted by atomic mass is 16.5. The molecule has 0 bridgehead atoms. The number of unbranched alkanes of at least 4 members (excludes halogenated alkanes) is 23. The van der Waals surface area contributed by atoms with Crippen LogP contribution in [0.4, 0.5) is 0 Å². The van der Waals surface area contributed by atoms with Gasteiger partial charge in [0.1, 0.15) is 0 Å². The third-order valence-corrected chi connectivity index (χ3v) is 7.44. The number of aliphatic carboxylic acids is 1. The maximum atomic E-state index is 11.1. The van der Waals surface area contributed by atoms with Gasteiger partial charge in [-0.2, -0.15) is 0 Å². The van der Waals surface area contributed by atoms with Crippen LogP contribution in [0.5, 0.6) is 0 Å². The lowest BCUT2D eigenvalue weighted by Crippen LogP contribution is -2.03. The lowest BCUT2D eigenvalue weighted by atomic mass is 10.0. The van der Waals surface area contributed by atoms with Gasteiger partial charge in [-0.25, -0.2) is 0 Å². The average Bonchev–Trinajstić information content (AvgIpc) is 2.94. The molecule has 0 aliphatic heterocycles.